The van der Waals surface area contributed by atoms with Gasteiger partial charge in [-0.3, -0.25) is 4.79 Å². The number of hydrogen-bond donors (Lipinski definition) is 1. The van der Waals surface area contributed by atoms with Crippen LogP contribution in [0.2, 0.25) is 5.02 Å². The van der Waals surface area contributed by atoms with E-state index in [1.54, 1.807) is 11.0 Å². The first-order chi connectivity index (χ1) is 8.13. The molecule has 1 aliphatic rings. The van der Waals surface area contributed by atoms with E-state index in [2.05, 4.69) is 5.32 Å². The number of halogens is 2. The lowest BCUT2D eigenvalue weighted by Crippen LogP contribution is -2.33. The molecular formula is C12H14ClFN2O. The van der Waals surface area contributed by atoms with Crippen LogP contribution >= 0.6 is 11.6 Å². The fourth-order valence-electron chi connectivity index (χ4n) is 2.02. The molecule has 2 rings (SSSR count). The minimum atomic E-state index is -0.632. The molecule has 1 heterocycles. The van der Waals surface area contributed by atoms with Gasteiger partial charge in [-0.25, -0.2) is 4.39 Å². The molecule has 92 valence electrons. The van der Waals surface area contributed by atoms with Crippen molar-refractivity contribution in [3.63, 3.8) is 0 Å². The van der Waals surface area contributed by atoms with Gasteiger partial charge in [0.1, 0.15) is 0 Å². The molecule has 0 saturated carbocycles. The first kappa shape index (κ1) is 12.3. The van der Waals surface area contributed by atoms with Crippen LogP contribution in [0, 0.1) is 5.82 Å². The van der Waals surface area contributed by atoms with Crippen molar-refractivity contribution < 1.29 is 9.18 Å². The summed E-state index contributed by atoms with van der Waals surface area (Å²) in [7, 11) is 1.86. The van der Waals surface area contributed by atoms with Crippen LogP contribution in [0.1, 0.15) is 16.8 Å². The van der Waals surface area contributed by atoms with Gasteiger partial charge in [0.2, 0.25) is 0 Å². The zero-order chi connectivity index (χ0) is 12.4. The zero-order valence-corrected chi connectivity index (χ0v) is 10.3. The van der Waals surface area contributed by atoms with E-state index in [-0.39, 0.29) is 16.5 Å². The topological polar surface area (TPSA) is 32.3 Å². The maximum Gasteiger partial charge on any atom is 0.256 e. The molecule has 0 radical (unpaired) electrons. The Bertz CT molecular complexity index is 439. The van der Waals surface area contributed by atoms with Gasteiger partial charge in [0.25, 0.3) is 5.91 Å². The SMILES string of the molecule is CNC1CCN(C(=O)c2cccc(Cl)c2F)C1. The van der Waals surface area contributed by atoms with Crippen molar-refractivity contribution in [2.75, 3.05) is 20.1 Å². The maximum absolute atomic E-state index is 13.7. The average Bonchev–Trinajstić information content (AvgIpc) is 2.80. The average molecular weight is 257 g/mol. The summed E-state index contributed by atoms with van der Waals surface area (Å²) in [5.41, 5.74) is 0.0502. The van der Waals surface area contributed by atoms with Crippen LogP contribution in [0.3, 0.4) is 0 Å². The van der Waals surface area contributed by atoms with Crippen LogP contribution < -0.4 is 5.32 Å². The summed E-state index contributed by atoms with van der Waals surface area (Å²) in [5.74, 6) is -0.921. The van der Waals surface area contributed by atoms with Gasteiger partial charge >= 0.3 is 0 Å². The summed E-state index contributed by atoms with van der Waals surface area (Å²) in [6.07, 6.45) is 0.893. The number of benzene rings is 1. The van der Waals surface area contributed by atoms with Gasteiger partial charge in [-0.05, 0) is 25.6 Å². The molecule has 3 nitrogen and oxygen atoms in total. The third kappa shape index (κ3) is 2.42. The number of amides is 1. The number of nitrogens with one attached hydrogen (secondary N) is 1. The number of carbonyl (C=O) groups excluding carboxylic acids is 1. The highest BCUT2D eigenvalue weighted by atomic mass is 35.5. The molecule has 1 saturated heterocycles. The van der Waals surface area contributed by atoms with Gasteiger partial charge in [0.15, 0.2) is 5.82 Å². The molecule has 5 heteroatoms. The van der Waals surface area contributed by atoms with Gasteiger partial charge in [-0.15, -0.1) is 0 Å². The van der Waals surface area contributed by atoms with E-state index in [0.717, 1.165) is 6.42 Å². The Morgan fingerprint density at radius 2 is 2.35 bits per heavy atom. The quantitative estimate of drug-likeness (QED) is 0.877. The molecule has 0 spiro atoms. The number of carbonyl (C=O) groups is 1. The molecule has 1 atom stereocenters. The van der Waals surface area contributed by atoms with Gasteiger partial charge in [0, 0.05) is 19.1 Å². The van der Waals surface area contributed by atoms with Crippen molar-refractivity contribution in [2.45, 2.75) is 12.5 Å². The lowest BCUT2D eigenvalue weighted by Gasteiger charge is -2.17. The molecule has 1 amide bonds. The van der Waals surface area contributed by atoms with E-state index in [1.807, 2.05) is 7.05 Å². The second-order valence-corrected chi connectivity index (χ2v) is 4.53. The largest absolute Gasteiger partial charge is 0.337 e. The Kier molecular flexibility index (Phi) is 3.64. The fraction of sp³-hybridized carbons (Fsp3) is 0.417. The minimum absolute atomic E-state index is 0.0137. The van der Waals surface area contributed by atoms with E-state index in [0.29, 0.717) is 19.1 Å². The molecule has 0 aliphatic carbocycles. The van der Waals surface area contributed by atoms with Crippen molar-refractivity contribution in [3.8, 4) is 0 Å². The van der Waals surface area contributed by atoms with Crippen LogP contribution in [0.25, 0.3) is 0 Å². The van der Waals surface area contributed by atoms with Crippen molar-refractivity contribution >= 4 is 17.5 Å². The number of likely N-dealkylation sites (tertiary alicyclic amines) is 1. The minimum Gasteiger partial charge on any atom is -0.337 e. The summed E-state index contributed by atoms with van der Waals surface area (Å²) >= 11 is 5.66. The lowest BCUT2D eigenvalue weighted by molar-refractivity contribution is 0.0785. The Labute approximate surface area is 105 Å². The van der Waals surface area contributed by atoms with E-state index >= 15 is 0 Å². The molecule has 1 fully saturated rings. The number of likely N-dealkylation sites (N-methyl/N-ethyl adjacent to an activating group) is 1. The molecular weight excluding hydrogens is 243 g/mol. The van der Waals surface area contributed by atoms with Gasteiger partial charge in [-0.1, -0.05) is 17.7 Å². The van der Waals surface area contributed by atoms with Crippen LogP contribution in [0.5, 0.6) is 0 Å². The second kappa shape index (κ2) is 5.02. The monoisotopic (exact) mass is 256 g/mol. The van der Waals surface area contributed by atoms with E-state index in [4.69, 9.17) is 11.6 Å². The van der Waals surface area contributed by atoms with Gasteiger partial charge in [0.05, 0.1) is 10.6 Å². The van der Waals surface area contributed by atoms with Crippen molar-refractivity contribution in [1.29, 1.82) is 0 Å². The fourth-order valence-corrected chi connectivity index (χ4v) is 2.19. The molecule has 17 heavy (non-hydrogen) atoms. The third-order valence-electron chi connectivity index (χ3n) is 3.07. The van der Waals surface area contributed by atoms with Gasteiger partial charge < -0.3 is 10.2 Å². The number of nitrogens with zero attached hydrogens (tertiary/aromatic N) is 1. The normalized spacial score (nSPS) is 19.7. The Morgan fingerprint density at radius 1 is 1.59 bits per heavy atom. The summed E-state index contributed by atoms with van der Waals surface area (Å²) in [6, 6.07) is 4.79. The smallest absolute Gasteiger partial charge is 0.256 e. The van der Waals surface area contributed by atoms with Crippen LogP contribution in [-0.4, -0.2) is 37.0 Å². The molecule has 1 aromatic rings. The summed E-state index contributed by atoms with van der Waals surface area (Å²) < 4.78 is 13.7. The number of hydrogen-bond acceptors (Lipinski definition) is 2. The van der Waals surface area contributed by atoms with Gasteiger partial charge in [-0.2, -0.15) is 0 Å². The van der Waals surface area contributed by atoms with E-state index < -0.39 is 5.82 Å². The van der Waals surface area contributed by atoms with E-state index in [1.165, 1.54) is 12.1 Å². The lowest BCUT2D eigenvalue weighted by atomic mass is 10.2. The zero-order valence-electron chi connectivity index (χ0n) is 9.54. The highest BCUT2D eigenvalue weighted by Gasteiger charge is 2.27. The van der Waals surface area contributed by atoms with E-state index in [9.17, 15) is 9.18 Å². The molecule has 0 bridgehead atoms. The summed E-state index contributed by atoms with van der Waals surface area (Å²) in [4.78, 5) is 13.7. The molecule has 1 unspecified atom stereocenters. The molecule has 0 aromatic heterocycles. The Balaban J connectivity index is 2.18. The molecule has 1 N–H and O–H groups in total. The number of rotatable bonds is 2. The predicted molar refractivity (Wildman–Crippen MR) is 64.8 cm³/mol. The van der Waals surface area contributed by atoms with Crippen LogP contribution in [0.15, 0.2) is 18.2 Å². The first-order valence-corrected chi connectivity index (χ1v) is 5.92. The third-order valence-corrected chi connectivity index (χ3v) is 3.36. The predicted octanol–water partition coefficient (Wildman–Crippen LogP) is 1.91. The van der Waals surface area contributed by atoms with Crippen molar-refractivity contribution in [3.05, 3.63) is 34.6 Å². The van der Waals surface area contributed by atoms with Crippen LogP contribution in [0.4, 0.5) is 4.39 Å². The molecule has 1 aliphatic heterocycles. The Hall–Kier alpha value is -1.13. The maximum atomic E-state index is 13.7. The second-order valence-electron chi connectivity index (χ2n) is 4.13. The Morgan fingerprint density at radius 3 is 3.00 bits per heavy atom. The van der Waals surface area contributed by atoms with Crippen LogP contribution in [-0.2, 0) is 0 Å². The highest BCUT2D eigenvalue weighted by Crippen LogP contribution is 2.21. The summed E-state index contributed by atoms with van der Waals surface area (Å²) in [5, 5.41) is 3.10. The summed E-state index contributed by atoms with van der Waals surface area (Å²) in [6.45, 7) is 1.26. The van der Waals surface area contributed by atoms with Crippen molar-refractivity contribution in [2.24, 2.45) is 0 Å². The molecule has 1 aromatic carbocycles. The highest BCUT2D eigenvalue weighted by molar-refractivity contribution is 6.31. The first-order valence-electron chi connectivity index (χ1n) is 5.54. The standard InChI is InChI=1S/C12H14ClFN2O/c1-15-8-5-6-16(7-8)12(17)9-3-2-4-10(13)11(9)14/h2-4,8,15H,5-7H2,1H3. The van der Waals surface area contributed by atoms with Crippen molar-refractivity contribution in [1.82, 2.24) is 10.2 Å².